The summed E-state index contributed by atoms with van der Waals surface area (Å²) in [6.07, 6.45) is 5.26. The molecule has 27 heavy (non-hydrogen) atoms. The number of fused-ring (bicyclic) bond motifs is 2. The Balaban J connectivity index is 1.32. The second-order valence-corrected chi connectivity index (χ2v) is 8.61. The van der Waals surface area contributed by atoms with Gasteiger partial charge in [-0.3, -0.25) is 4.79 Å². The van der Waals surface area contributed by atoms with Crippen LogP contribution < -0.4 is 11.2 Å². The van der Waals surface area contributed by atoms with Crippen LogP contribution in [0.3, 0.4) is 0 Å². The number of carbonyl (C=O) groups excluding carboxylic acids is 1. The van der Waals surface area contributed by atoms with Crippen molar-refractivity contribution in [2.24, 2.45) is 17.8 Å². The number of benzene rings is 1. The average Bonchev–Trinajstić information content (AvgIpc) is 3.37. The predicted molar refractivity (Wildman–Crippen MR) is 103 cm³/mol. The van der Waals surface area contributed by atoms with Crippen LogP contribution in [0.1, 0.15) is 32.6 Å². The van der Waals surface area contributed by atoms with Crippen LogP contribution in [0.2, 0.25) is 0 Å². The number of rotatable bonds is 6. The number of nitrogens with one attached hydrogen (secondary N) is 1. The fourth-order valence-corrected chi connectivity index (χ4v) is 5.28. The molecule has 0 spiro atoms. The van der Waals surface area contributed by atoms with Gasteiger partial charge in [-0.2, -0.15) is 0 Å². The fourth-order valence-electron chi connectivity index (χ4n) is 4.61. The molecule has 2 bridgehead atoms. The molecule has 2 aliphatic rings. The number of carbonyl (C=O) groups is 1. The summed E-state index contributed by atoms with van der Waals surface area (Å²) in [6, 6.07) is 6.10. The van der Waals surface area contributed by atoms with Gasteiger partial charge < -0.3 is 11.2 Å². The Kier molecular flexibility index (Phi) is 5.08. The lowest BCUT2D eigenvalue weighted by atomic mass is 9.84. The van der Waals surface area contributed by atoms with Gasteiger partial charge in [0.2, 0.25) is 11.1 Å². The smallest absolute Gasteiger partial charge is 0.230 e. The largest absolute Gasteiger partial charge is 0.353 e. The first-order chi connectivity index (χ1) is 13.0. The molecular formula is C19H24FN5OS. The summed E-state index contributed by atoms with van der Waals surface area (Å²) in [5.74, 6) is 8.65. The molecule has 2 aliphatic carbocycles. The normalized spacial score (nSPS) is 24.9. The molecule has 4 atom stereocenters. The summed E-state index contributed by atoms with van der Waals surface area (Å²) in [7, 11) is 0. The minimum Gasteiger partial charge on any atom is -0.353 e. The summed E-state index contributed by atoms with van der Waals surface area (Å²) in [4.78, 5) is 12.3. The first-order valence-corrected chi connectivity index (χ1v) is 10.4. The van der Waals surface area contributed by atoms with Crippen molar-refractivity contribution in [3.05, 3.63) is 30.1 Å². The van der Waals surface area contributed by atoms with Gasteiger partial charge in [-0.25, -0.2) is 9.07 Å². The molecule has 1 aromatic heterocycles. The van der Waals surface area contributed by atoms with Crippen molar-refractivity contribution in [3.63, 3.8) is 0 Å². The molecule has 0 radical (unpaired) electrons. The van der Waals surface area contributed by atoms with Crippen LogP contribution in [0.25, 0.3) is 11.4 Å². The number of hydrogen-bond donors (Lipinski definition) is 2. The summed E-state index contributed by atoms with van der Waals surface area (Å²) in [5, 5.41) is 11.7. The summed E-state index contributed by atoms with van der Waals surface area (Å²) in [6.45, 7) is 2.12. The van der Waals surface area contributed by atoms with Gasteiger partial charge in [-0.05, 0) is 68.2 Å². The number of hydrogen-bond acceptors (Lipinski definition) is 5. The van der Waals surface area contributed by atoms with E-state index in [2.05, 4.69) is 22.4 Å². The number of nitrogens with zero attached hydrogens (tertiary/aromatic N) is 3. The van der Waals surface area contributed by atoms with Gasteiger partial charge >= 0.3 is 0 Å². The van der Waals surface area contributed by atoms with Crippen LogP contribution in [0.4, 0.5) is 4.39 Å². The summed E-state index contributed by atoms with van der Waals surface area (Å²) < 4.78 is 14.4. The molecule has 1 aromatic carbocycles. The minimum absolute atomic E-state index is 0.0124. The van der Waals surface area contributed by atoms with E-state index in [4.69, 9.17) is 5.84 Å². The first-order valence-electron chi connectivity index (χ1n) is 9.40. The molecule has 6 nitrogen and oxygen atoms in total. The van der Waals surface area contributed by atoms with E-state index >= 15 is 0 Å². The molecule has 4 unspecified atom stereocenters. The Morgan fingerprint density at radius 3 is 2.78 bits per heavy atom. The third kappa shape index (κ3) is 3.81. The fraction of sp³-hybridized carbons (Fsp3) is 0.526. The number of nitrogen functional groups attached to an aromatic ring is 1. The van der Waals surface area contributed by atoms with E-state index in [1.807, 2.05) is 0 Å². The van der Waals surface area contributed by atoms with E-state index in [1.54, 1.807) is 12.1 Å². The van der Waals surface area contributed by atoms with Crippen LogP contribution in [0.5, 0.6) is 0 Å². The molecule has 144 valence electrons. The zero-order valence-corrected chi connectivity index (χ0v) is 16.1. The highest BCUT2D eigenvalue weighted by Gasteiger charge is 2.42. The molecule has 1 heterocycles. The van der Waals surface area contributed by atoms with E-state index in [1.165, 1.54) is 54.3 Å². The molecule has 4 rings (SSSR count). The zero-order valence-electron chi connectivity index (χ0n) is 15.3. The van der Waals surface area contributed by atoms with Crippen LogP contribution >= 0.6 is 11.8 Å². The lowest BCUT2D eigenvalue weighted by Gasteiger charge is -2.28. The van der Waals surface area contributed by atoms with E-state index in [9.17, 15) is 9.18 Å². The lowest BCUT2D eigenvalue weighted by Crippen LogP contribution is -2.41. The summed E-state index contributed by atoms with van der Waals surface area (Å²) in [5.41, 5.74) is 0.674. The van der Waals surface area contributed by atoms with E-state index in [-0.39, 0.29) is 23.5 Å². The molecule has 1 amide bonds. The Bertz CT molecular complexity index is 824. The van der Waals surface area contributed by atoms with Crippen molar-refractivity contribution < 1.29 is 9.18 Å². The number of amides is 1. The Morgan fingerprint density at radius 1 is 1.33 bits per heavy atom. The Morgan fingerprint density at radius 2 is 2.11 bits per heavy atom. The van der Waals surface area contributed by atoms with Gasteiger partial charge in [0.15, 0.2) is 5.82 Å². The quantitative estimate of drug-likeness (QED) is 0.586. The topological polar surface area (TPSA) is 85.8 Å². The highest BCUT2D eigenvalue weighted by molar-refractivity contribution is 7.99. The zero-order chi connectivity index (χ0) is 19.0. The lowest BCUT2D eigenvalue weighted by molar-refractivity contribution is -0.119. The third-order valence-electron chi connectivity index (χ3n) is 5.92. The van der Waals surface area contributed by atoms with Crippen molar-refractivity contribution in [3.8, 4) is 11.4 Å². The van der Waals surface area contributed by atoms with Gasteiger partial charge in [-0.15, -0.1) is 10.2 Å². The van der Waals surface area contributed by atoms with Crippen LogP contribution in [0.15, 0.2) is 29.4 Å². The summed E-state index contributed by atoms with van der Waals surface area (Å²) >= 11 is 1.25. The number of thioether (sulfide) groups is 1. The Labute approximate surface area is 162 Å². The van der Waals surface area contributed by atoms with Crippen molar-refractivity contribution in [2.45, 2.75) is 43.8 Å². The van der Waals surface area contributed by atoms with Gasteiger partial charge in [0.25, 0.3) is 0 Å². The van der Waals surface area contributed by atoms with Crippen molar-refractivity contribution in [1.82, 2.24) is 20.2 Å². The average molecular weight is 390 g/mol. The van der Waals surface area contributed by atoms with Crippen LogP contribution in [0, 0.1) is 23.6 Å². The van der Waals surface area contributed by atoms with Crippen LogP contribution in [-0.4, -0.2) is 32.6 Å². The molecule has 2 fully saturated rings. The molecule has 8 heteroatoms. The molecule has 2 aromatic rings. The van der Waals surface area contributed by atoms with E-state index in [0.29, 0.717) is 22.5 Å². The number of aromatic nitrogens is 3. The second-order valence-electron chi connectivity index (χ2n) is 7.67. The highest BCUT2D eigenvalue weighted by Crippen LogP contribution is 2.49. The maximum Gasteiger partial charge on any atom is 0.230 e. The molecule has 0 saturated heterocycles. The second kappa shape index (κ2) is 7.50. The van der Waals surface area contributed by atoms with E-state index in [0.717, 1.165) is 11.8 Å². The molecule has 0 aliphatic heterocycles. The van der Waals surface area contributed by atoms with Crippen molar-refractivity contribution in [2.75, 3.05) is 11.6 Å². The van der Waals surface area contributed by atoms with Crippen LogP contribution in [-0.2, 0) is 4.79 Å². The highest BCUT2D eigenvalue weighted by atomic mass is 32.2. The predicted octanol–water partition coefficient (Wildman–Crippen LogP) is 2.83. The molecule has 2 saturated carbocycles. The Hall–Kier alpha value is -2.09. The first kappa shape index (κ1) is 18.3. The molecular weight excluding hydrogens is 365 g/mol. The SMILES string of the molecule is CC(NC(=O)CSc1nnc(-c2ccc(F)cc2)n1N)C1CC2CCC1C2. The standard InChI is InChI=1S/C19H24FN5OS/c1-11(16-9-12-2-3-14(16)8-12)22-17(26)10-27-19-24-23-18(25(19)21)13-4-6-15(20)7-5-13/h4-7,11-12,14,16H,2-3,8-10,21H2,1H3,(H,22,26). The van der Waals surface area contributed by atoms with Crippen molar-refractivity contribution in [1.29, 1.82) is 0 Å². The number of halogens is 1. The minimum atomic E-state index is -0.322. The van der Waals surface area contributed by atoms with Gasteiger partial charge in [0, 0.05) is 11.6 Å². The maximum atomic E-state index is 13.1. The molecule has 3 N–H and O–H groups in total. The van der Waals surface area contributed by atoms with Gasteiger partial charge in [0.05, 0.1) is 5.75 Å². The van der Waals surface area contributed by atoms with Gasteiger partial charge in [-0.1, -0.05) is 18.2 Å². The monoisotopic (exact) mass is 389 g/mol. The van der Waals surface area contributed by atoms with Gasteiger partial charge in [0.1, 0.15) is 5.82 Å². The van der Waals surface area contributed by atoms with Crippen molar-refractivity contribution >= 4 is 17.7 Å². The third-order valence-corrected chi connectivity index (χ3v) is 6.87. The maximum absolute atomic E-state index is 13.1. The number of nitrogens with two attached hydrogens (primary N) is 1. The van der Waals surface area contributed by atoms with E-state index < -0.39 is 0 Å².